The van der Waals surface area contributed by atoms with E-state index in [9.17, 15) is 9.59 Å². The van der Waals surface area contributed by atoms with Crippen molar-refractivity contribution in [2.45, 2.75) is 53.6 Å². The molecule has 1 N–H and O–H groups in total. The highest BCUT2D eigenvalue weighted by molar-refractivity contribution is 5.87. The van der Waals surface area contributed by atoms with E-state index in [0.29, 0.717) is 24.4 Å². The molecule has 0 spiro atoms. The molecule has 1 aromatic rings. The minimum absolute atomic E-state index is 0.0186. The molecule has 0 saturated heterocycles. The van der Waals surface area contributed by atoms with E-state index in [4.69, 9.17) is 4.52 Å². The van der Waals surface area contributed by atoms with Crippen molar-refractivity contribution in [3.05, 3.63) is 17.5 Å². The minimum atomic E-state index is -0.524. The molecule has 1 rings (SSSR count). The van der Waals surface area contributed by atoms with Gasteiger partial charge in [-0.15, -0.1) is 0 Å². The maximum absolute atomic E-state index is 12.6. The summed E-state index contributed by atoms with van der Waals surface area (Å²) in [6.45, 7) is 9.97. The molecule has 0 fully saturated rings. The van der Waals surface area contributed by atoms with Crippen molar-refractivity contribution < 1.29 is 14.1 Å². The molecular weight excluding hydrogens is 282 g/mol. The van der Waals surface area contributed by atoms with E-state index in [-0.39, 0.29) is 23.7 Å². The zero-order valence-electron chi connectivity index (χ0n) is 14.3. The molecule has 0 aliphatic heterocycles. The summed E-state index contributed by atoms with van der Waals surface area (Å²) < 4.78 is 5.00. The molecule has 2 amide bonds. The highest BCUT2D eigenvalue weighted by Gasteiger charge is 2.27. The number of rotatable bonds is 7. The van der Waals surface area contributed by atoms with Gasteiger partial charge in [0.25, 0.3) is 0 Å². The van der Waals surface area contributed by atoms with E-state index in [1.54, 1.807) is 24.9 Å². The van der Waals surface area contributed by atoms with Crippen LogP contribution in [0.25, 0.3) is 0 Å². The fourth-order valence-corrected chi connectivity index (χ4v) is 2.17. The van der Waals surface area contributed by atoms with Crippen LogP contribution in [0.1, 0.15) is 45.6 Å². The molecule has 124 valence electrons. The van der Waals surface area contributed by atoms with Gasteiger partial charge in [-0.1, -0.05) is 32.9 Å². The zero-order chi connectivity index (χ0) is 16.9. The van der Waals surface area contributed by atoms with Crippen LogP contribution in [-0.4, -0.2) is 35.0 Å². The molecule has 0 aromatic carbocycles. The molecule has 0 saturated carbocycles. The van der Waals surface area contributed by atoms with Crippen molar-refractivity contribution in [3.8, 4) is 0 Å². The molecule has 0 radical (unpaired) electrons. The molecule has 0 aliphatic rings. The van der Waals surface area contributed by atoms with Gasteiger partial charge in [0.1, 0.15) is 17.5 Å². The number of aryl methyl sites for hydroxylation is 1. The first-order valence-electron chi connectivity index (χ1n) is 7.67. The Morgan fingerprint density at radius 2 is 1.95 bits per heavy atom. The van der Waals surface area contributed by atoms with Crippen molar-refractivity contribution in [2.24, 2.45) is 11.8 Å². The molecule has 1 atom stereocenters. The Balaban J connectivity index is 2.69. The van der Waals surface area contributed by atoms with Crippen LogP contribution >= 0.6 is 0 Å². The molecule has 6 nitrogen and oxygen atoms in total. The third-order valence-corrected chi connectivity index (χ3v) is 3.30. The van der Waals surface area contributed by atoms with Crippen molar-refractivity contribution in [2.75, 3.05) is 7.05 Å². The monoisotopic (exact) mass is 309 g/mol. The van der Waals surface area contributed by atoms with E-state index >= 15 is 0 Å². The number of aromatic nitrogens is 1. The first kappa shape index (κ1) is 18.2. The maximum Gasteiger partial charge on any atom is 0.245 e. The summed E-state index contributed by atoms with van der Waals surface area (Å²) >= 11 is 0. The maximum atomic E-state index is 12.6. The smallest absolute Gasteiger partial charge is 0.245 e. The molecule has 1 aromatic heterocycles. The zero-order valence-corrected chi connectivity index (χ0v) is 14.3. The second-order valence-corrected chi connectivity index (χ2v) is 6.51. The fourth-order valence-electron chi connectivity index (χ4n) is 2.17. The van der Waals surface area contributed by atoms with Crippen LogP contribution in [0.4, 0.5) is 0 Å². The van der Waals surface area contributed by atoms with Crippen molar-refractivity contribution >= 4 is 11.8 Å². The molecule has 6 heteroatoms. The van der Waals surface area contributed by atoms with E-state index in [1.807, 2.05) is 27.7 Å². The van der Waals surface area contributed by atoms with Crippen molar-refractivity contribution in [1.29, 1.82) is 0 Å². The van der Waals surface area contributed by atoms with Gasteiger partial charge >= 0.3 is 0 Å². The number of amides is 2. The van der Waals surface area contributed by atoms with Gasteiger partial charge < -0.3 is 14.7 Å². The average molecular weight is 309 g/mol. The summed E-state index contributed by atoms with van der Waals surface area (Å²) in [5, 5.41) is 6.73. The van der Waals surface area contributed by atoms with Gasteiger partial charge in [0.2, 0.25) is 11.8 Å². The van der Waals surface area contributed by atoms with Crippen LogP contribution < -0.4 is 5.32 Å². The number of hydrogen-bond acceptors (Lipinski definition) is 4. The van der Waals surface area contributed by atoms with E-state index < -0.39 is 6.04 Å². The third-order valence-electron chi connectivity index (χ3n) is 3.30. The summed E-state index contributed by atoms with van der Waals surface area (Å²) in [5.74, 6) is 0.783. The van der Waals surface area contributed by atoms with Gasteiger partial charge in [0.05, 0.1) is 6.54 Å². The number of hydrogen-bond donors (Lipinski definition) is 1. The lowest BCUT2D eigenvalue weighted by Crippen LogP contribution is -2.50. The topological polar surface area (TPSA) is 75.4 Å². The Bertz CT molecular complexity index is 508. The van der Waals surface area contributed by atoms with E-state index in [0.717, 1.165) is 0 Å². The summed E-state index contributed by atoms with van der Waals surface area (Å²) in [5.41, 5.74) is 0.698. The largest absolute Gasteiger partial charge is 0.361 e. The molecule has 0 bridgehead atoms. The lowest BCUT2D eigenvalue weighted by Gasteiger charge is -2.26. The Hall–Kier alpha value is -1.85. The molecular formula is C16H27N3O3. The highest BCUT2D eigenvalue weighted by Crippen LogP contribution is 2.10. The van der Waals surface area contributed by atoms with Gasteiger partial charge in [-0.25, -0.2) is 0 Å². The van der Waals surface area contributed by atoms with Crippen LogP contribution in [0.3, 0.4) is 0 Å². The highest BCUT2D eigenvalue weighted by atomic mass is 16.5. The third kappa shape index (κ3) is 5.50. The standard InChI is InChI=1S/C16H27N3O3/c1-10(2)7-14(20)17-15(11(3)4)16(21)19(6)9-13-8-12(5)22-18-13/h8,10-11,15H,7,9H2,1-6H3,(H,17,20). The van der Waals surface area contributed by atoms with Crippen LogP contribution in [-0.2, 0) is 16.1 Å². The van der Waals surface area contributed by atoms with Crippen LogP contribution in [0, 0.1) is 18.8 Å². The Morgan fingerprint density at radius 3 is 2.41 bits per heavy atom. The van der Waals surface area contributed by atoms with Gasteiger partial charge in [-0.3, -0.25) is 9.59 Å². The first-order valence-corrected chi connectivity index (χ1v) is 7.67. The number of carbonyl (C=O) groups is 2. The number of carbonyl (C=O) groups excluding carboxylic acids is 2. The van der Waals surface area contributed by atoms with Crippen LogP contribution in [0.2, 0.25) is 0 Å². The van der Waals surface area contributed by atoms with E-state index in [1.165, 1.54) is 0 Å². The fraction of sp³-hybridized carbons (Fsp3) is 0.688. The van der Waals surface area contributed by atoms with Gasteiger partial charge in [-0.05, 0) is 18.8 Å². The molecule has 0 aliphatic carbocycles. The van der Waals surface area contributed by atoms with Crippen molar-refractivity contribution in [1.82, 2.24) is 15.4 Å². The van der Waals surface area contributed by atoms with Gasteiger partial charge in [-0.2, -0.15) is 0 Å². The average Bonchev–Trinajstić information content (AvgIpc) is 2.79. The minimum Gasteiger partial charge on any atom is -0.361 e. The number of nitrogens with zero attached hydrogens (tertiary/aromatic N) is 2. The predicted octanol–water partition coefficient (Wildman–Crippen LogP) is 2.13. The Kier molecular flexibility index (Phi) is 6.59. The second kappa shape index (κ2) is 7.96. The summed E-state index contributed by atoms with van der Waals surface area (Å²) in [6.07, 6.45) is 0.419. The van der Waals surface area contributed by atoms with Crippen molar-refractivity contribution in [3.63, 3.8) is 0 Å². The summed E-state index contributed by atoms with van der Waals surface area (Å²) in [7, 11) is 1.70. The summed E-state index contributed by atoms with van der Waals surface area (Å²) in [4.78, 5) is 26.1. The van der Waals surface area contributed by atoms with Crippen LogP contribution in [0.5, 0.6) is 0 Å². The first-order chi connectivity index (χ1) is 10.2. The van der Waals surface area contributed by atoms with E-state index in [2.05, 4.69) is 10.5 Å². The molecule has 22 heavy (non-hydrogen) atoms. The quantitative estimate of drug-likeness (QED) is 0.837. The Morgan fingerprint density at radius 1 is 1.32 bits per heavy atom. The second-order valence-electron chi connectivity index (χ2n) is 6.51. The van der Waals surface area contributed by atoms with Crippen LogP contribution in [0.15, 0.2) is 10.6 Å². The molecule has 1 unspecified atom stereocenters. The lowest BCUT2D eigenvalue weighted by molar-refractivity contribution is -0.137. The number of nitrogens with one attached hydrogen (secondary N) is 1. The van der Waals surface area contributed by atoms with Gasteiger partial charge in [0, 0.05) is 19.5 Å². The normalized spacial score (nSPS) is 12.5. The molecule has 1 heterocycles. The Labute approximate surface area is 132 Å². The lowest BCUT2D eigenvalue weighted by atomic mass is 10.0. The van der Waals surface area contributed by atoms with Gasteiger partial charge in [0.15, 0.2) is 0 Å². The number of likely N-dealkylation sites (N-methyl/N-ethyl adjacent to an activating group) is 1. The predicted molar refractivity (Wildman–Crippen MR) is 83.9 cm³/mol. The summed E-state index contributed by atoms with van der Waals surface area (Å²) in [6, 6.07) is 1.27. The SMILES string of the molecule is Cc1cc(CN(C)C(=O)C(NC(=O)CC(C)C)C(C)C)no1.